The minimum atomic E-state index is -0.0832. The molecule has 13 rings (SSSR count). The topological polar surface area (TPSA) is 18.7 Å². The normalized spacial score (nSPS) is 13.3. The third-order valence-electron chi connectivity index (χ3n) is 13.7. The lowest BCUT2D eigenvalue weighted by Crippen LogP contribution is -2.14. The molecule has 0 aliphatic rings. The number of rotatable bonds is 2. The van der Waals surface area contributed by atoms with Crippen molar-refractivity contribution in [1.29, 1.82) is 0 Å². The van der Waals surface area contributed by atoms with Crippen LogP contribution in [0.5, 0.6) is 0 Å². The highest BCUT2D eigenvalue weighted by Gasteiger charge is 2.31. The summed E-state index contributed by atoms with van der Waals surface area (Å²) in [5.74, 6) is 0. The standard InChI is InChI=1S/C56H46N4/c1-31-17-21-35(22-18-31)57-41-15-11-9-13-37(41)49-45(57)25-33-27-47(55(3,4)5)59-43-30-44-40(29-39(43)51(49)53(33)59)52-50-38-14-10-12-16-42(38)58(36-23-19-32(2)20-24-36)46(50)26-34-28-48(56(6,7)8)60(44)54(34)52/h9-30H,1-8H3. The lowest BCUT2D eigenvalue weighted by atomic mass is 9.91. The maximum absolute atomic E-state index is 2.62. The number of fused-ring (bicyclic) bond motifs is 14. The first-order chi connectivity index (χ1) is 28.9. The van der Waals surface area contributed by atoms with Gasteiger partial charge in [0.15, 0.2) is 0 Å². The fourth-order valence-corrected chi connectivity index (χ4v) is 11.1. The predicted molar refractivity (Wildman–Crippen MR) is 256 cm³/mol. The summed E-state index contributed by atoms with van der Waals surface area (Å²) in [4.78, 5) is 0. The third-order valence-corrected chi connectivity index (χ3v) is 13.7. The van der Waals surface area contributed by atoms with E-state index >= 15 is 0 Å². The van der Waals surface area contributed by atoms with Gasteiger partial charge < -0.3 is 17.9 Å². The van der Waals surface area contributed by atoms with Crippen molar-refractivity contribution in [2.45, 2.75) is 66.2 Å². The van der Waals surface area contributed by atoms with Gasteiger partial charge in [-0.25, -0.2) is 0 Å². The van der Waals surface area contributed by atoms with E-state index in [0.717, 1.165) is 0 Å². The van der Waals surface area contributed by atoms with Gasteiger partial charge in [0, 0.05) is 87.5 Å². The van der Waals surface area contributed by atoms with Crippen molar-refractivity contribution >= 4 is 98.0 Å². The molecule has 0 aliphatic carbocycles. The van der Waals surface area contributed by atoms with Crippen LogP contribution >= 0.6 is 0 Å². The molecule has 0 spiro atoms. The molecule has 0 radical (unpaired) electrons. The Bertz CT molecular complexity index is 3680. The van der Waals surface area contributed by atoms with Gasteiger partial charge in [-0.2, -0.15) is 0 Å². The number of hydrogen-bond acceptors (Lipinski definition) is 0. The molecule has 60 heavy (non-hydrogen) atoms. The Balaban J connectivity index is 1.29. The lowest BCUT2D eigenvalue weighted by Gasteiger charge is -2.19. The van der Waals surface area contributed by atoms with Crippen LogP contribution in [-0.4, -0.2) is 17.9 Å². The van der Waals surface area contributed by atoms with Crippen LogP contribution in [0.15, 0.2) is 133 Å². The lowest BCUT2D eigenvalue weighted by molar-refractivity contribution is 0.567. The van der Waals surface area contributed by atoms with Gasteiger partial charge in [0.05, 0.1) is 44.1 Å². The maximum Gasteiger partial charge on any atom is 0.0618 e. The summed E-state index contributed by atoms with van der Waals surface area (Å²) in [6.07, 6.45) is 0. The average molecular weight is 775 g/mol. The first-order valence-electron chi connectivity index (χ1n) is 21.4. The van der Waals surface area contributed by atoms with E-state index in [0.29, 0.717) is 0 Å². The van der Waals surface area contributed by atoms with Crippen molar-refractivity contribution in [2.75, 3.05) is 0 Å². The zero-order chi connectivity index (χ0) is 40.7. The Labute approximate surface area is 348 Å². The van der Waals surface area contributed by atoms with E-state index in [1.807, 2.05) is 0 Å². The van der Waals surface area contributed by atoms with Crippen LogP contribution in [0, 0.1) is 13.8 Å². The molecule has 13 aromatic rings. The first kappa shape index (κ1) is 34.1. The van der Waals surface area contributed by atoms with E-state index in [2.05, 4.69) is 207 Å². The molecule has 0 saturated heterocycles. The van der Waals surface area contributed by atoms with Crippen LogP contribution in [-0.2, 0) is 10.8 Å². The Morgan fingerprint density at radius 3 is 1.15 bits per heavy atom. The van der Waals surface area contributed by atoms with Gasteiger partial charge in [0.1, 0.15) is 0 Å². The minimum absolute atomic E-state index is 0.0832. The Morgan fingerprint density at radius 2 is 0.750 bits per heavy atom. The molecule has 4 nitrogen and oxygen atoms in total. The van der Waals surface area contributed by atoms with E-state index < -0.39 is 0 Å². The number of aromatic nitrogens is 4. The van der Waals surface area contributed by atoms with Crippen LogP contribution in [0.25, 0.3) is 109 Å². The van der Waals surface area contributed by atoms with Gasteiger partial charge >= 0.3 is 0 Å². The van der Waals surface area contributed by atoms with Gasteiger partial charge in [-0.3, -0.25) is 0 Å². The Hall–Kier alpha value is -6.78. The monoisotopic (exact) mass is 774 g/mol. The first-order valence-corrected chi connectivity index (χ1v) is 21.4. The van der Waals surface area contributed by atoms with Gasteiger partial charge in [-0.05, 0) is 86.6 Å². The smallest absolute Gasteiger partial charge is 0.0618 e. The van der Waals surface area contributed by atoms with Crippen LogP contribution in [0.3, 0.4) is 0 Å². The summed E-state index contributed by atoms with van der Waals surface area (Å²) >= 11 is 0. The molecule has 6 heterocycles. The van der Waals surface area contributed by atoms with Gasteiger partial charge in [0.25, 0.3) is 0 Å². The molecule has 7 aromatic carbocycles. The minimum Gasteiger partial charge on any atom is -0.312 e. The fourth-order valence-electron chi connectivity index (χ4n) is 11.1. The highest BCUT2D eigenvalue weighted by Crippen LogP contribution is 2.51. The molecule has 0 atom stereocenters. The summed E-state index contributed by atoms with van der Waals surface area (Å²) in [5.41, 5.74) is 17.6. The number of hydrogen-bond donors (Lipinski definition) is 0. The summed E-state index contributed by atoms with van der Waals surface area (Å²) in [6, 6.07) is 51.1. The molecule has 0 aliphatic heterocycles. The molecule has 0 unspecified atom stereocenters. The van der Waals surface area contributed by atoms with Crippen molar-refractivity contribution < 1.29 is 0 Å². The summed E-state index contributed by atoms with van der Waals surface area (Å²) < 4.78 is 10.2. The molecule has 6 aromatic heterocycles. The highest BCUT2D eigenvalue weighted by atomic mass is 15.0. The van der Waals surface area contributed by atoms with Crippen LogP contribution in [0.2, 0.25) is 0 Å². The highest BCUT2D eigenvalue weighted by molar-refractivity contribution is 6.37. The van der Waals surface area contributed by atoms with E-state index in [1.54, 1.807) is 0 Å². The average Bonchev–Trinajstić information content (AvgIpc) is 4.06. The van der Waals surface area contributed by atoms with Gasteiger partial charge in [-0.1, -0.05) is 113 Å². The van der Waals surface area contributed by atoms with Crippen molar-refractivity contribution in [3.63, 3.8) is 0 Å². The van der Waals surface area contributed by atoms with Crippen molar-refractivity contribution in [1.82, 2.24) is 17.9 Å². The largest absolute Gasteiger partial charge is 0.312 e. The zero-order valence-electron chi connectivity index (χ0n) is 35.5. The third kappa shape index (κ3) is 4.21. The van der Waals surface area contributed by atoms with Crippen LogP contribution in [0.1, 0.15) is 64.1 Å². The van der Waals surface area contributed by atoms with Gasteiger partial charge in [0.2, 0.25) is 0 Å². The van der Waals surface area contributed by atoms with Crippen molar-refractivity contribution in [2.24, 2.45) is 0 Å². The number of nitrogens with zero attached hydrogens (tertiary/aromatic N) is 4. The molecule has 4 heteroatoms. The van der Waals surface area contributed by atoms with E-state index in [-0.39, 0.29) is 10.8 Å². The maximum atomic E-state index is 2.62. The molecule has 0 amide bonds. The van der Waals surface area contributed by atoms with E-state index in [1.165, 1.54) is 132 Å². The molecular weight excluding hydrogens is 729 g/mol. The molecule has 0 bridgehead atoms. The van der Waals surface area contributed by atoms with Crippen molar-refractivity contribution in [3.8, 4) is 11.4 Å². The number of para-hydroxylation sites is 2. The molecule has 0 saturated carbocycles. The summed E-state index contributed by atoms with van der Waals surface area (Å²) in [5, 5.41) is 13.1. The second kappa shape index (κ2) is 11.1. The quantitative estimate of drug-likeness (QED) is 0.167. The fraction of sp³-hybridized carbons (Fsp3) is 0.179. The second-order valence-corrected chi connectivity index (χ2v) is 19.7. The molecular formula is C56H46N4. The molecule has 290 valence electrons. The Kier molecular flexibility index (Phi) is 6.30. The van der Waals surface area contributed by atoms with Gasteiger partial charge in [-0.15, -0.1) is 0 Å². The number of benzene rings is 7. The Morgan fingerprint density at radius 1 is 0.350 bits per heavy atom. The van der Waals surface area contributed by atoms with Crippen molar-refractivity contribution in [3.05, 3.63) is 156 Å². The predicted octanol–water partition coefficient (Wildman–Crippen LogP) is 15.1. The van der Waals surface area contributed by atoms with E-state index in [9.17, 15) is 0 Å². The second-order valence-electron chi connectivity index (χ2n) is 19.7. The summed E-state index contributed by atoms with van der Waals surface area (Å²) in [6.45, 7) is 18.5. The van der Waals surface area contributed by atoms with Crippen LogP contribution < -0.4 is 0 Å². The summed E-state index contributed by atoms with van der Waals surface area (Å²) in [7, 11) is 0. The zero-order valence-corrected chi connectivity index (χ0v) is 35.5. The molecule has 0 N–H and O–H groups in total. The number of aryl methyl sites for hydroxylation is 2. The molecule has 0 fully saturated rings. The van der Waals surface area contributed by atoms with Crippen LogP contribution in [0.4, 0.5) is 0 Å². The SMILES string of the molecule is Cc1ccc(-n2c3ccccc3c3c4c5cc6c7c8c9ccccc9n(-c9ccc(C)cc9)c8cc8cc(C(C)(C)C)n(c6cc5n5c(C(C)(C)C)cc(cc32)c45)c87)cc1. The van der Waals surface area contributed by atoms with E-state index in [4.69, 9.17) is 0 Å².